The first-order valence-electron chi connectivity index (χ1n) is 4.84. The molecule has 0 bridgehead atoms. The zero-order valence-corrected chi connectivity index (χ0v) is 10.3. The summed E-state index contributed by atoms with van der Waals surface area (Å²) < 4.78 is 26.2. The molecule has 0 aliphatic rings. The molecular weight excluding hydrogens is 226 g/mol. The van der Waals surface area contributed by atoms with E-state index < -0.39 is 15.6 Å². The molecule has 1 N–H and O–H groups in total. The summed E-state index contributed by atoms with van der Waals surface area (Å²) in [5.41, 5.74) is -0.0722. The lowest BCUT2D eigenvalue weighted by Gasteiger charge is -2.20. The highest BCUT2D eigenvalue weighted by molar-refractivity contribution is 7.89. The predicted octanol–water partition coefficient (Wildman–Crippen LogP) is 1.58. The Hall–Kier alpha value is -1.20. The summed E-state index contributed by atoms with van der Waals surface area (Å²) in [6, 6.07) is 5.78. The normalized spacial score (nSPS) is 12.4. The van der Waals surface area contributed by atoms with Gasteiger partial charge in [0, 0.05) is 11.1 Å². The number of hydrogen-bond donors (Lipinski definition) is 1. The maximum Gasteiger partial charge on any atom is 0.241 e. The lowest BCUT2D eigenvalue weighted by atomic mass is 10.1. The molecule has 0 fully saturated rings. The second-order valence-electron chi connectivity index (χ2n) is 4.54. The van der Waals surface area contributed by atoms with Gasteiger partial charge in [-0.05, 0) is 32.9 Å². The fourth-order valence-electron chi connectivity index (χ4n) is 1.19. The zero-order chi connectivity index (χ0) is 12.4. The van der Waals surface area contributed by atoms with Gasteiger partial charge in [-0.15, -0.1) is 0 Å². The van der Waals surface area contributed by atoms with Crippen LogP contribution >= 0.6 is 0 Å². The van der Waals surface area contributed by atoms with Gasteiger partial charge >= 0.3 is 0 Å². The van der Waals surface area contributed by atoms with Crippen molar-refractivity contribution in [3.63, 3.8) is 0 Å². The van der Waals surface area contributed by atoms with Crippen molar-refractivity contribution in [1.82, 2.24) is 4.72 Å². The van der Waals surface area contributed by atoms with Crippen LogP contribution in [0.5, 0.6) is 0 Å². The molecule has 0 aromatic heterocycles. The van der Waals surface area contributed by atoms with Gasteiger partial charge in [0.15, 0.2) is 0 Å². The van der Waals surface area contributed by atoms with E-state index in [1.54, 1.807) is 20.8 Å². The lowest BCUT2D eigenvalue weighted by Crippen LogP contribution is -2.40. The SMILES string of the molecule is CC(C)(C)NS(=O)(=O)c1ccc(C=O)cc1. The Labute approximate surface area is 95.7 Å². The van der Waals surface area contributed by atoms with Gasteiger partial charge in [0.1, 0.15) is 6.29 Å². The quantitative estimate of drug-likeness (QED) is 0.817. The summed E-state index contributed by atoms with van der Waals surface area (Å²) in [5, 5.41) is 0. The van der Waals surface area contributed by atoms with Crippen LogP contribution in [0, 0.1) is 0 Å². The van der Waals surface area contributed by atoms with E-state index in [0.717, 1.165) is 0 Å². The number of carbonyl (C=O) groups excluding carboxylic acids is 1. The Morgan fingerprint density at radius 1 is 1.12 bits per heavy atom. The van der Waals surface area contributed by atoms with E-state index in [9.17, 15) is 13.2 Å². The number of carbonyl (C=O) groups is 1. The zero-order valence-electron chi connectivity index (χ0n) is 9.52. The molecule has 5 heteroatoms. The molecule has 1 rings (SSSR count). The summed E-state index contributed by atoms with van der Waals surface area (Å²) in [7, 11) is -3.51. The average Bonchev–Trinajstić information content (AvgIpc) is 2.14. The van der Waals surface area contributed by atoms with Crippen LogP contribution in [0.15, 0.2) is 29.2 Å². The molecule has 1 aromatic rings. The number of hydrogen-bond acceptors (Lipinski definition) is 3. The van der Waals surface area contributed by atoms with Crippen molar-refractivity contribution < 1.29 is 13.2 Å². The molecule has 0 heterocycles. The third-order valence-electron chi connectivity index (χ3n) is 1.77. The molecule has 4 nitrogen and oxygen atoms in total. The molecular formula is C11H15NO3S. The van der Waals surface area contributed by atoms with Gasteiger partial charge in [0.25, 0.3) is 0 Å². The highest BCUT2D eigenvalue weighted by Gasteiger charge is 2.21. The number of aldehydes is 1. The average molecular weight is 241 g/mol. The Morgan fingerprint density at radius 3 is 2.00 bits per heavy atom. The molecule has 0 saturated heterocycles. The molecule has 0 aliphatic heterocycles. The monoisotopic (exact) mass is 241 g/mol. The van der Waals surface area contributed by atoms with Gasteiger partial charge < -0.3 is 0 Å². The van der Waals surface area contributed by atoms with Gasteiger partial charge in [-0.3, -0.25) is 4.79 Å². The molecule has 0 amide bonds. The van der Waals surface area contributed by atoms with Gasteiger partial charge in [0.05, 0.1) is 4.90 Å². The minimum absolute atomic E-state index is 0.160. The Balaban J connectivity index is 3.03. The van der Waals surface area contributed by atoms with E-state index in [0.29, 0.717) is 11.8 Å². The van der Waals surface area contributed by atoms with Crippen LogP contribution in [-0.4, -0.2) is 20.2 Å². The third kappa shape index (κ3) is 3.43. The second-order valence-corrected chi connectivity index (χ2v) is 6.22. The van der Waals surface area contributed by atoms with E-state index in [1.807, 2.05) is 0 Å². The highest BCUT2D eigenvalue weighted by atomic mass is 32.2. The number of rotatable bonds is 3. The minimum atomic E-state index is -3.51. The van der Waals surface area contributed by atoms with Crippen molar-refractivity contribution in [3.05, 3.63) is 29.8 Å². The molecule has 0 saturated carbocycles. The molecule has 88 valence electrons. The maximum atomic E-state index is 11.8. The fraction of sp³-hybridized carbons (Fsp3) is 0.364. The Kier molecular flexibility index (Phi) is 3.50. The van der Waals surface area contributed by atoms with Crippen molar-refractivity contribution in [2.75, 3.05) is 0 Å². The number of sulfonamides is 1. The summed E-state index contributed by atoms with van der Waals surface area (Å²) in [6.07, 6.45) is 0.674. The molecule has 0 aliphatic carbocycles. The van der Waals surface area contributed by atoms with Crippen LogP contribution in [-0.2, 0) is 10.0 Å². The molecule has 1 aromatic carbocycles. The first kappa shape index (κ1) is 12.9. The topological polar surface area (TPSA) is 63.2 Å². The van der Waals surface area contributed by atoms with Crippen molar-refractivity contribution >= 4 is 16.3 Å². The third-order valence-corrected chi connectivity index (χ3v) is 3.54. The van der Waals surface area contributed by atoms with Crippen LogP contribution in [0.3, 0.4) is 0 Å². The smallest absolute Gasteiger partial charge is 0.241 e. The van der Waals surface area contributed by atoms with Crippen LogP contribution in [0.25, 0.3) is 0 Å². The standard InChI is InChI=1S/C11H15NO3S/c1-11(2,3)12-16(14,15)10-6-4-9(8-13)5-7-10/h4-8,12H,1-3H3. The van der Waals surface area contributed by atoms with Crippen LogP contribution < -0.4 is 4.72 Å². The van der Waals surface area contributed by atoms with Gasteiger partial charge in [-0.25, -0.2) is 13.1 Å². The van der Waals surface area contributed by atoms with E-state index in [2.05, 4.69) is 4.72 Å². The lowest BCUT2D eigenvalue weighted by molar-refractivity contribution is 0.112. The van der Waals surface area contributed by atoms with E-state index in [-0.39, 0.29) is 4.90 Å². The van der Waals surface area contributed by atoms with Crippen molar-refractivity contribution in [2.24, 2.45) is 0 Å². The van der Waals surface area contributed by atoms with E-state index in [4.69, 9.17) is 0 Å². The first-order valence-corrected chi connectivity index (χ1v) is 6.32. The van der Waals surface area contributed by atoms with Gasteiger partial charge in [0.2, 0.25) is 10.0 Å². The van der Waals surface area contributed by atoms with Crippen molar-refractivity contribution in [1.29, 1.82) is 0 Å². The van der Waals surface area contributed by atoms with Crippen LogP contribution in [0.2, 0.25) is 0 Å². The van der Waals surface area contributed by atoms with Crippen molar-refractivity contribution in [3.8, 4) is 0 Å². The maximum absolute atomic E-state index is 11.8. The van der Waals surface area contributed by atoms with Gasteiger partial charge in [-0.1, -0.05) is 12.1 Å². The molecule has 0 spiro atoms. The molecule has 0 radical (unpaired) electrons. The Morgan fingerprint density at radius 2 is 1.62 bits per heavy atom. The van der Waals surface area contributed by atoms with E-state index in [1.165, 1.54) is 24.3 Å². The van der Waals surface area contributed by atoms with Crippen LogP contribution in [0.4, 0.5) is 0 Å². The molecule has 0 atom stereocenters. The van der Waals surface area contributed by atoms with E-state index >= 15 is 0 Å². The largest absolute Gasteiger partial charge is 0.298 e. The fourth-order valence-corrected chi connectivity index (χ4v) is 2.61. The first-order chi connectivity index (χ1) is 7.24. The van der Waals surface area contributed by atoms with Crippen molar-refractivity contribution in [2.45, 2.75) is 31.2 Å². The Bertz CT molecular complexity index is 469. The summed E-state index contributed by atoms with van der Waals surface area (Å²) >= 11 is 0. The second kappa shape index (κ2) is 4.35. The number of nitrogens with one attached hydrogen (secondary N) is 1. The molecule has 0 unspecified atom stereocenters. The molecule has 16 heavy (non-hydrogen) atoms. The summed E-state index contributed by atoms with van der Waals surface area (Å²) in [5.74, 6) is 0. The predicted molar refractivity (Wildman–Crippen MR) is 61.9 cm³/mol. The van der Waals surface area contributed by atoms with Gasteiger partial charge in [-0.2, -0.15) is 0 Å². The number of benzene rings is 1. The highest BCUT2D eigenvalue weighted by Crippen LogP contribution is 2.13. The summed E-state index contributed by atoms with van der Waals surface area (Å²) in [6.45, 7) is 5.30. The van der Waals surface area contributed by atoms with Crippen LogP contribution in [0.1, 0.15) is 31.1 Å². The minimum Gasteiger partial charge on any atom is -0.298 e. The summed E-state index contributed by atoms with van der Waals surface area (Å²) in [4.78, 5) is 10.6.